The number of aliphatic imine (C=N–C) groups is 1. The Morgan fingerprint density at radius 2 is 1.91 bits per heavy atom. The fourth-order valence-electron chi connectivity index (χ4n) is 3.29. The number of amides is 1. The van der Waals surface area contributed by atoms with Crippen molar-refractivity contribution in [3.8, 4) is 5.75 Å². The van der Waals surface area contributed by atoms with Crippen molar-refractivity contribution in [2.24, 2.45) is 10.7 Å². The van der Waals surface area contributed by atoms with Crippen molar-refractivity contribution in [3.63, 3.8) is 0 Å². The molecule has 0 bridgehead atoms. The number of nitrogens with one attached hydrogen (secondary N) is 1. The lowest BCUT2D eigenvalue weighted by atomic mass is 9.89. The molecule has 0 saturated carbocycles. The summed E-state index contributed by atoms with van der Waals surface area (Å²) in [6, 6.07) is 4.60. The summed E-state index contributed by atoms with van der Waals surface area (Å²) in [5.74, 6) is -2.65. The Morgan fingerprint density at radius 3 is 2.46 bits per heavy atom. The van der Waals surface area contributed by atoms with Gasteiger partial charge in [0.2, 0.25) is 5.60 Å². The van der Waals surface area contributed by atoms with Crippen LogP contribution in [-0.2, 0) is 10.3 Å². The Balaban J connectivity index is 0.00000432. The molecule has 0 radical (unpaired) electrons. The van der Waals surface area contributed by atoms with Gasteiger partial charge in [-0.3, -0.25) is 9.79 Å². The van der Waals surface area contributed by atoms with Gasteiger partial charge in [-0.25, -0.2) is 9.37 Å². The molecule has 2 heterocycles. The van der Waals surface area contributed by atoms with Gasteiger partial charge in [0.05, 0.1) is 12.8 Å². The third kappa shape index (κ3) is 5.61. The van der Waals surface area contributed by atoms with E-state index in [1.165, 1.54) is 32.0 Å². The Kier molecular flexibility index (Phi) is 7.97. The quantitative estimate of drug-likeness (QED) is 0.549. The zero-order chi connectivity index (χ0) is 25.5. The van der Waals surface area contributed by atoms with Crippen LogP contribution < -0.4 is 15.8 Å². The molecular formula is C21H21ClF6N4O3. The fraction of sp³-hybridized carbons (Fsp3) is 0.381. The Bertz CT molecular complexity index is 1150. The second kappa shape index (κ2) is 9.90. The number of aromatic nitrogens is 1. The number of nitrogens with zero attached hydrogens (tertiary/aromatic N) is 2. The van der Waals surface area contributed by atoms with E-state index in [1.54, 1.807) is 0 Å². The van der Waals surface area contributed by atoms with Crippen LogP contribution in [0.5, 0.6) is 5.75 Å². The average molecular weight is 527 g/mol. The first kappa shape index (κ1) is 28.2. The summed E-state index contributed by atoms with van der Waals surface area (Å²) in [7, 11) is 0. The van der Waals surface area contributed by atoms with Gasteiger partial charge >= 0.3 is 12.8 Å². The van der Waals surface area contributed by atoms with Gasteiger partial charge in [0.1, 0.15) is 28.6 Å². The Morgan fingerprint density at radius 1 is 1.26 bits per heavy atom. The molecule has 7 nitrogen and oxygen atoms in total. The highest BCUT2D eigenvalue weighted by Gasteiger charge is 2.59. The van der Waals surface area contributed by atoms with Gasteiger partial charge in [0.15, 0.2) is 0 Å². The minimum atomic E-state index is -4.84. The molecule has 14 heteroatoms. The van der Waals surface area contributed by atoms with Gasteiger partial charge < -0.3 is 20.5 Å². The van der Waals surface area contributed by atoms with Crippen molar-refractivity contribution < 1.29 is 40.6 Å². The monoisotopic (exact) mass is 526 g/mol. The van der Waals surface area contributed by atoms with Gasteiger partial charge in [0, 0.05) is 11.3 Å². The number of aryl methyl sites for hydroxylation is 1. The van der Waals surface area contributed by atoms with Gasteiger partial charge in [-0.05, 0) is 50.6 Å². The van der Waals surface area contributed by atoms with E-state index in [9.17, 15) is 31.1 Å². The molecule has 3 N–H and O–H groups in total. The number of ether oxygens (including phenoxy) is 2. The molecule has 0 aliphatic carbocycles. The molecule has 3 rings (SSSR count). The van der Waals surface area contributed by atoms with Crippen LogP contribution in [0.25, 0.3) is 0 Å². The lowest BCUT2D eigenvalue weighted by molar-refractivity contribution is -0.249. The highest BCUT2D eigenvalue weighted by Crippen LogP contribution is 2.41. The van der Waals surface area contributed by atoms with E-state index in [0.29, 0.717) is 0 Å². The van der Waals surface area contributed by atoms with E-state index < -0.39 is 48.1 Å². The van der Waals surface area contributed by atoms with E-state index in [0.717, 1.165) is 19.2 Å². The fourth-order valence-corrected chi connectivity index (χ4v) is 3.29. The maximum atomic E-state index is 14.6. The molecule has 0 fully saturated rings. The van der Waals surface area contributed by atoms with Crippen molar-refractivity contribution in [2.45, 2.75) is 44.7 Å². The summed E-state index contributed by atoms with van der Waals surface area (Å²) in [6.07, 6.45) is -3.89. The third-order valence-corrected chi connectivity index (χ3v) is 5.34. The number of carbonyl (C=O) groups is 1. The van der Waals surface area contributed by atoms with E-state index in [1.807, 2.05) is 0 Å². The molecule has 1 aliphatic heterocycles. The zero-order valence-corrected chi connectivity index (χ0v) is 19.4. The second-order valence-corrected chi connectivity index (χ2v) is 7.95. The van der Waals surface area contributed by atoms with Gasteiger partial charge in [-0.2, -0.15) is 22.0 Å². The second-order valence-electron chi connectivity index (χ2n) is 7.95. The highest BCUT2D eigenvalue weighted by molar-refractivity contribution is 6.04. The van der Waals surface area contributed by atoms with E-state index in [2.05, 4.69) is 20.0 Å². The van der Waals surface area contributed by atoms with Crippen molar-refractivity contribution in [1.82, 2.24) is 4.98 Å². The maximum Gasteiger partial charge on any atom is 0.424 e. The molecule has 2 atom stereocenters. The molecule has 1 aromatic heterocycles. The number of rotatable bonds is 5. The zero-order valence-electron chi connectivity index (χ0n) is 18.5. The van der Waals surface area contributed by atoms with Crippen LogP contribution in [0.15, 0.2) is 35.5 Å². The number of hydrogen-bond donors (Lipinski definition) is 2. The molecule has 0 saturated heterocycles. The Labute approximate surface area is 202 Å². The summed E-state index contributed by atoms with van der Waals surface area (Å²) in [4.78, 5) is 20.3. The average Bonchev–Trinajstić information content (AvgIpc) is 2.71. The smallest absolute Gasteiger partial charge is 0.424 e. The molecular weight excluding hydrogens is 506 g/mol. The topological polar surface area (TPSA) is 98.8 Å². The number of amidine groups is 1. The molecule has 192 valence electrons. The summed E-state index contributed by atoms with van der Waals surface area (Å²) in [5, 5.41) is 2.48. The van der Waals surface area contributed by atoms with E-state index in [-0.39, 0.29) is 40.7 Å². The summed E-state index contributed by atoms with van der Waals surface area (Å²) >= 11 is 0. The molecule has 2 aromatic rings. The van der Waals surface area contributed by atoms with Crippen LogP contribution in [0, 0.1) is 12.7 Å². The van der Waals surface area contributed by atoms with Crippen molar-refractivity contribution in [2.75, 3.05) is 11.9 Å². The number of pyridine rings is 1. The van der Waals surface area contributed by atoms with Gasteiger partial charge in [-0.1, -0.05) is 0 Å². The summed E-state index contributed by atoms with van der Waals surface area (Å²) in [5.41, 5.74) is 1.17. The number of carbonyl (C=O) groups excluding carboxylic acids is 1. The molecule has 1 aromatic carbocycles. The minimum absolute atomic E-state index is 0. The van der Waals surface area contributed by atoms with Gasteiger partial charge in [0.25, 0.3) is 5.91 Å². The summed E-state index contributed by atoms with van der Waals surface area (Å²) < 4.78 is 88.6. The minimum Gasteiger partial charge on any atom is -0.433 e. The standard InChI is InChI=1S/C21H20F6N4O3.ClH/c1-10-6-12(34-18(23)24)8-29-15(10)16(32)30-11-4-5-14(22)13(7-11)19(2)9-33-20(3,17(28)31-19)21(25,26)27;/h4-8,18H,9H2,1-3H3,(H2,28,31)(H,30,32);1H/t19-,20+;/m0./s1. The number of hydrogen-bond acceptors (Lipinski definition) is 6. The number of alkyl halides is 5. The van der Waals surface area contributed by atoms with Gasteiger partial charge in [-0.15, -0.1) is 12.4 Å². The number of halogens is 7. The van der Waals surface area contributed by atoms with Crippen molar-refractivity contribution >= 4 is 29.8 Å². The van der Waals surface area contributed by atoms with Crippen LogP contribution in [-0.4, -0.2) is 41.7 Å². The lowest BCUT2D eigenvalue weighted by Gasteiger charge is -2.41. The SMILES string of the molecule is Cc1cc(OC(F)F)cnc1C(=O)Nc1ccc(F)c([C@]2(C)CO[C@@](C)(C(F)(F)F)C(N)=N2)c1.Cl. The van der Waals surface area contributed by atoms with Crippen LogP contribution in [0.1, 0.15) is 35.5 Å². The molecule has 1 aliphatic rings. The number of benzene rings is 1. The van der Waals surface area contributed by atoms with E-state index >= 15 is 0 Å². The number of nitrogens with two attached hydrogens (primary N) is 1. The van der Waals surface area contributed by atoms with Crippen LogP contribution in [0.2, 0.25) is 0 Å². The predicted octanol–water partition coefficient (Wildman–Crippen LogP) is 4.73. The van der Waals surface area contributed by atoms with Crippen LogP contribution >= 0.6 is 12.4 Å². The first-order chi connectivity index (χ1) is 15.7. The molecule has 1 amide bonds. The van der Waals surface area contributed by atoms with Crippen LogP contribution in [0.4, 0.5) is 32.0 Å². The molecule has 0 spiro atoms. The van der Waals surface area contributed by atoms with Crippen molar-refractivity contribution in [1.29, 1.82) is 0 Å². The normalized spacial score (nSPS) is 22.3. The van der Waals surface area contributed by atoms with E-state index in [4.69, 9.17) is 10.5 Å². The predicted molar refractivity (Wildman–Crippen MR) is 117 cm³/mol. The van der Waals surface area contributed by atoms with Crippen molar-refractivity contribution in [3.05, 3.63) is 53.1 Å². The van der Waals surface area contributed by atoms with Crippen LogP contribution in [0.3, 0.4) is 0 Å². The Hall–Kier alpha value is -3.06. The third-order valence-electron chi connectivity index (χ3n) is 5.34. The molecule has 0 unspecified atom stereocenters. The molecule has 35 heavy (non-hydrogen) atoms. The maximum absolute atomic E-state index is 14.6. The highest BCUT2D eigenvalue weighted by atomic mass is 35.5. The first-order valence-corrected chi connectivity index (χ1v) is 9.75. The summed E-state index contributed by atoms with van der Waals surface area (Å²) in [6.45, 7) is -0.177. The lowest BCUT2D eigenvalue weighted by Crippen LogP contribution is -2.60. The largest absolute Gasteiger partial charge is 0.433 e. The number of anilines is 1. The first-order valence-electron chi connectivity index (χ1n) is 9.75.